The van der Waals surface area contributed by atoms with Gasteiger partial charge in [0.2, 0.25) is 0 Å². The highest BCUT2D eigenvalue weighted by Crippen LogP contribution is 2.38. The molecule has 13 heavy (non-hydrogen) atoms. The third-order valence-corrected chi connectivity index (χ3v) is 2.88. The first kappa shape index (κ1) is 8.48. The highest BCUT2D eigenvalue weighted by Gasteiger charge is 2.38. The minimum atomic E-state index is -0.137. The molecule has 1 aliphatic heterocycles. The fourth-order valence-corrected chi connectivity index (χ4v) is 1.70. The molecule has 0 radical (unpaired) electrons. The normalized spacial score (nSPS) is 32.5. The topological polar surface area (TPSA) is 37.4 Å². The van der Waals surface area contributed by atoms with Crippen LogP contribution >= 0.6 is 0 Å². The Kier molecular flexibility index (Phi) is 1.75. The zero-order chi connectivity index (χ0) is 9.59. The molecule has 1 aliphatic carbocycles. The quantitative estimate of drug-likeness (QED) is 0.592. The molecule has 2 atom stereocenters. The van der Waals surface area contributed by atoms with Crippen LogP contribution in [0.15, 0.2) is 11.6 Å². The van der Waals surface area contributed by atoms with Gasteiger partial charge in [0.05, 0.1) is 0 Å². The Morgan fingerprint density at radius 2 is 2.15 bits per heavy atom. The van der Waals surface area contributed by atoms with Crippen LogP contribution in [0.1, 0.15) is 20.3 Å². The van der Waals surface area contributed by atoms with Gasteiger partial charge in [-0.1, -0.05) is 6.92 Å². The lowest BCUT2D eigenvalue weighted by Gasteiger charge is -2.13. The van der Waals surface area contributed by atoms with Crippen molar-refractivity contribution in [3.05, 3.63) is 11.6 Å². The van der Waals surface area contributed by atoms with E-state index in [0.29, 0.717) is 24.0 Å². The molecule has 0 aromatic rings. The van der Waals surface area contributed by atoms with Gasteiger partial charge in [0, 0.05) is 18.2 Å². The largest absolute Gasteiger partial charge is 0.275 e. The molecule has 3 nitrogen and oxygen atoms in total. The Hall–Kier alpha value is -1.12. The van der Waals surface area contributed by atoms with Gasteiger partial charge < -0.3 is 0 Å². The van der Waals surface area contributed by atoms with Gasteiger partial charge in [-0.3, -0.25) is 14.5 Å². The second-order valence-electron chi connectivity index (χ2n) is 4.05. The number of carbonyl (C=O) groups excluding carboxylic acids is 2. The van der Waals surface area contributed by atoms with E-state index in [1.54, 1.807) is 6.92 Å². The van der Waals surface area contributed by atoms with Gasteiger partial charge in [0.25, 0.3) is 11.8 Å². The molecule has 0 spiro atoms. The van der Waals surface area contributed by atoms with Crippen LogP contribution < -0.4 is 0 Å². The molecular formula is C10H13NO2. The van der Waals surface area contributed by atoms with Gasteiger partial charge >= 0.3 is 0 Å². The predicted octanol–water partition coefficient (Wildman–Crippen LogP) is 0.958. The average Bonchev–Trinajstić information content (AvgIpc) is 2.70. The van der Waals surface area contributed by atoms with Gasteiger partial charge in [0.15, 0.2) is 0 Å². The van der Waals surface area contributed by atoms with Crippen LogP contribution in [0.4, 0.5) is 0 Å². The molecule has 2 amide bonds. The molecule has 70 valence electrons. The molecule has 1 fully saturated rings. The zero-order valence-electron chi connectivity index (χ0n) is 7.91. The summed E-state index contributed by atoms with van der Waals surface area (Å²) in [5.41, 5.74) is 0.568. The summed E-state index contributed by atoms with van der Waals surface area (Å²) in [4.78, 5) is 24.1. The summed E-state index contributed by atoms with van der Waals surface area (Å²) in [5, 5.41) is 0. The van der Waals surface area contributed by atoms with Gasteiger partial charge in [-0.2, -0.15) is 0 Å². The van der Waals surface area contributed by atoms with E-state index in [-0.39, 0.29) is 11.8 Å². The van der Waals surface area contributed by atoms with E-state index in [0.717, 1.165) is 6.42 Å². The van der Waals surface area contributed by atoms with E-state index < -0.39 is 0 Å². The van der Waals surface area contributed by atoms with Gasteiger partial charge in [-0.25, -0.2) is 0 Å². The van der Waals surface area contributed by atoms with Crippen molar-refractivity contribution in [3.8, 4) is 0 Å². The van der Waals surface area contributed by atoms with Gasteiger partial charge in [-0.05, 0) is 25.2 Å². The molecule has 2 rings (SSSR count). The molecule has 3 heteroatoms. The highest BCUT2D eigenvalue weighted by molar-refractivity contribution is 6.15. The average molecular weight is 179 g/mol. The van der Waals surface area contributed by atoms with Crippen molar-refractivity contribution < 1.29 is 9.59 Å². The third kappa shape index (κ3) is 1.39. The number of hydrogen-bond acceptors (Lipinski definition) is 2. The maximum atomic E-state index is 11.4. The fourth-order valence-electron chi connectivity index (χ4n) is 1.70. The van der Waals surface area contributed by atoms with Crippen LogP contribution in [0.5, 0.6) is 0 Å². The zero-order valence-corrected chi connectivity index (χ0v) is 7.91. The maximum absolute atomic E-state index is 11.4. The molecular weight excluding hydrogens is 166 g/mol. The van der Waals surface area contributed by atoms with E-state index in [4.69, 9.17) is 0 Å². The van der Waals surface area contributed by atoms with Crippen molar-refractivity contribution in [2.24, 2.45) is 11.8 Å². The Morgan fingerprint density at radius 1 is 1.54 bits per heavy atom. The number of rotatable bonds is 2. The summed E-state index contributed by atoms with van der Waals surface area (Å²) in [6, 6.07) is 0. The summed E-state index contributed by atoms with van der Waals surface area (Å²) in [6.07, 6.45) is 2.57. The molecule has 1 heterocycles. The second kappa shape index (κ2) is 2.69. The van der Waals surface area contributed by atoms with Crippen LogP contribution in [0.25, 0.3) is 0 Å². The van der Waals surface area contributed by atoms with Gasteiger partial charge in [0.1, 0.15) is 0 Å². The van der Waals surface area contributed by atoms with Crippen molar-refractivity contribution in [1.29, 1.82) is 0 Å². The summed E-state index contributed by atoms with van der Waals surface area (Å²) in [6.45, 7) is 4.46. The first-order valence-corrected chi connectivity index (χ1v) is 4.63. The van der Waals surface area contributed by atoms with E-state index >= 15 is 0 Å². The predicted molar refractivity (Wildman–Crippen MR) is 47.7 cm³/mol. The van der Waals surface area contributed by atoms with Crippen molar-refractivity contribution in [1.82, 2.24) is 4.90 Å². The second-order valence-corrected chi connectivity index (χ2v) is 4.05. The van der Waals surface area contributed by atoms with Crippen molar-refractivity contribution in [3.63, 3.8) is 0 Å². The minimum absolute atomic E-state index is 0.107. The van der Waals surface area contributed by atoms with Crippen LogP contribution in [-0.2, 0) is 9.59 Å². The Labute approximate surface area is 77.4 Å². The van der Waals surface area contributed by atoms with Crippen LogP contribution in [0, 0.1) is 11.8 Å². The first-order valence-electron chi connectivity index (χ1n) is 4.63. The molecule has 2 unspecified atom stereocenters. The summed E-state index contributed by atoms with van der Waals surface area (Å²) in [5.74, 6) is 0.986. The van der Waals surface area contributed by atoms with Crippen LogP contribution in [-0.4, -0.2) is 23.3 Å². The van der Waals surface area contributed by atoms with E-state index in [2.05, 4.69) is 6.92 Å². The smallest absolute Gasteiger partial charge is 0.256 e. The summed E-state index contributed by atoms with van der Waals surface area (Å²) in [7, 11) is 0. The Bertz CT molecular complexity index is 306. The van der Waals surface area contributed by atoms with E-state index in [1.807, 2.05) is 0 Å². The number of carbonyl (C=O) groups is 2. The van der Waals surface area contributed by atoms with E-state index in [9.17, 15) is 9.59 Å². The SMILES string of the molecule is CC1=CC(=O)N(CC2CC2C)C1=O. The standard InChI is InChI=1S/C10H13NO2/c1-6-3-8(6)5-11-9(12)4-7(2)10(11)13/h4,6,8H,3,5H2,1-2H3. The van der Waals surface area contributed by atoms with Crippen molar-refractivity contribution in [2.45, 2.75) is 20.3 Å². The lowest BCUT2D eigenvalue weighted by molar-refractivity contribution is -0.137. The molecule has 0 N–H and O–H groups in total. The number of imide groups is 1. The lowest BCUT2D eigenvalue weighted by Crippen LogP contribution is -2.32. The summed E-state index contributed by atoms with van der Waals surface area (Å²) < 4.78 is 0. The lowest BCUT2D eigenvalue weighted by atomic mass is 10.3. The molecule has 2 aliphatic rings. The first-order chi connectivity index (χ1) is 6.09. The van der Waals surface area contributed by atoms with Crippen LogP contribution in [0.3, 0.4) is 0 Å². The highest BCUT2D eigenvalue weighted by atomic mass is 16.2. The minimum Gasteiger partial charge on any atom is -0.275 e. The fraction of sp³-hybridized carbons (Fsp3) is 0.600. The monoisotopic (exact) mass is 179 g/mol. The third-order valence-electron chi connectivity index (χ3n) is 2.88. The summed E-state index contributed by atoms with van der Waals surface area (Å²) >= 11 is 0. The van der Waals surface area contributed by atoms with Crippen LogP contribution in [0.2, 0.25) is 0 Å². The van der Waals surface area contributed by atoms with Crippen molar-refractivity contribution in [2.75, 3.05) is 6.54 Å². The Morgan fingerprint density at radius 3 is 2.54 bits per heavy atom. The number of hydrogen-bond donors (Lipinski definition) is 0. The van der Waals surface area contributed by atoms with Crippen molar-refractivity contribution >= 4 is 11.8 Å². The molecule has 0 bridgehead atoms. The Balaban J connectivity index is 2.01. The molecule has 1 saturated carbocycles. The number of amides is 2. The van der Waals surface area contributed by atoms with E-state index in [1.165, 1.54) is 11.0 Å². The molecule has 0 aromatic heterocycles. The van der Waals surface area contributed by atoms with Gasteiger partial charge in [-0.15, -0.1) is 0 Å². The maximum Gasteiger partial charge on any atom is 0.256 e. The number of nitrogens with zero attached hydrogens (tertiary/aromatic N) is 1. The molecule has 0 saturated heterocycles. The molecule has 0 aromatic carbocycles.